The molecule has 0 aliphatic carbocycles. The fourth-order valence-electron chi connectivity index (χ4n) is 3.46. The summed E-state index contributed by atoms with van der Waals surface area (Å²) in [6.07, 6.45) is -5.36. The van der Waals surface area contributed by atoms with Gasteiger partial charge in [0.1, 0.15) is 30.5 Å². The third-order valence-corrected chi connectivity index (χ3v) is 5.00. The molecule has 0 saturated carbocycles. The van der Waals surface area contributed by atoms with Crippen molar-refractivity contribution in [3.8, 4) is 0 Å². The molecule has 0 radical (unpaired) electrons. The molecule has 2 aromatic rings. The Bertz CT molecular complexity index is 824. The zero-order chi connectivity index (χ0) is 20.3. The Kier molecular flexibility index (Phi) is 6.43. The van der Waals surface area contributed by atoms with Gasteiger partial charge in [-0.3, -0.25) is 4.79 Å². The molecule has 0 bridgehead atoms. The highest BCUT2D eigenvalue weighted by molar-refractivity contribution is 5.94. The van der Waals surface area contributed by atoms with Gasteiger partial charge in [-0.2, -0.15) is 0 Å². The predicted octanol–water partition coefficient (Wildman–Crippen LogP) is 0.152. The first-order valence-electron chi connectivity index (χ1n) is 9.15. The van der Waals surface area contributed by atoms with E-state index < -0.39 is 37.1 Å². The van der Waals surface area contributed by atoms with Gasteiger partial charge in [0, 0.05) is 12.6 Å². The van der Waals surface area contributed by atoms with Crippen LogP contribution in [0.3, 0.4) is 0 Å². The lowest BCUT2D eigenvalue weighted by atomic mass is 9.90. The Morgan fingerprint density at radius 2 is 1.68 bits per heavy atom. The molecule has 7 nitrogen and oxygen atoms in total. The number of carbonyl (C=O) groups excluding carboxylic acids is 1. The van der Waals surface area contributed by atoms with Crippen LogP contribution in [-0.4, -0.2) is 64.4 Å². The third-order valence-electron chi connectivity index (χ3n) is 5.00. The number of carbonyl (C=O) groups is 1. The number of hydrogen-bond donors (Lipinski definition) is 5. The molecule has 1 aliphatic heterocycles. The van der Waals surface area contributed by atoms with Gasteiger partial charge in [0.2, 0.25) is 0 Å². The number of amides is 1. The quantitative estimate of drug-likeness (QED) is 0.498. The molecule has 1 saturated heterocycles. The van der Waals surface area contributed by atoms with E-state index in [0.29, 0.717) is 17.5 Å². The van der Waals surface area contributed by atoms with Crippen molar-refractivity contribution in [2.45, 2.75) is 36.9 Å². The lowest BCUT2D eigenvalue weighted by Gasteiger charge is -2.40. The molecular weight excluding hydrogens is 362 g/mol. The number of aliphatic hydroxyl groups excluding tert-OH is 4. The minimum Gasteiger partial charge on any atom is -0.394 e. The molecule has 28 heavy (non-hydrogen) atoms. The van der Waals surface area contributed by atoms with E-state index in [1.165, 1.54) is 0 Å². The summed E-state index contributed by atoms with van der Waals surface area (Å²) < 4.78 is 5.62. The van der Waals surface area contributed by atoms with Crippen LogP contribution >= 0.6 is 0 Å². The maximum atomic E-state index is 11.8. The van der Waals surface area contributed by atoms with Crippen molar-refractivity contribution in [3.05, 3.63) is 70.8 Å². The van der Waals surface area contributed by atoms with Gasteiger partial charge in [-0.05, 0) is 35.2 Å². The second kappa shape index (κ2) is 8.81. The highest BCUT2D eigenvalue weighted by Gasteiger charge is 2.43. The van der Waals surface area contributed by atoms with Crippen molar-refractivity contribution >= 4 is 5.91 Å². The molecule has 7 heteroatoms. The molecule has 3 rings (SSSR count). The van der Waals surface area contributed by atoms with E-state index in [4.69, 9.17) is 4.74 Å². The van der Waals surface area contributed by atoms with E-state index in [2.05, 4.69) is 5.32 Å². The highest BCUT2D eigenvalue weighted by atomic mass is 16.5. The Hall–Kier alpha value is -2.29. The smallest absolute Gasteiger partial charge is 0.251 e. The SMILES string of the molecule is CNC(=O)c1cccc(Cc2cccc([C@H]3O[C@H](CO)[C@@H](O)[C@H](O)[C@@H]3O)c2)c1. The average Bonchev–Trinajstić information content (AvgIpc) is 2.72. The standard InChI is InChI=1S/C21H25NO6/c1-22-21(27)15-7-3-5-13(10-15)8-12-4-2-6-14(9-12)20-19(26)18(25)17(24)16(11-23)28-20/h2-7,9-10,16-20,23-26H,8,11H2,1H3,(H,22,27)/t16-,17-,18+,19+,20-/m1/s1. The highest BCUT2D eigenvalue weighted by Crippen LogP contribution is 2.32. The molecular formula is C21H25NO6. The molecule has 0 spiro atoms. The van der Waals surface area contributed by atoms with Crippen LogP contribution in [0, 0.1) is 0 Å². The molecule has 1 amide bonds. The molecule has 150 valence electrons. The van der Waals surface area contributed by atoms with Crippen LogP contribution in [0.2, 0.25) is 0 Å². The Morgan fingerprint density at radius 3 is 2.36 bits per heavy atom. The van der Waals surface area contributed by atoms with Gasteiger partial charge in [-0.1, -0.05) is 36.4 Å². The lowest BCUT2D eigenvalue weighted by molar-refractivity contribution is -0.231. The summed E-state index contributed by atoms with van der Waals surface area (Å²) in [6.45, 7) is -0.465. The first kappa shape index (κ1) is 20.4. The van der Waals surface area contributed by atoms with Gasteiger partial charge in [-0.25, -0.2) is 0 Å². The van der Waals surface area contributed by atoms with E-state index in [9.17, 15) is 25.2 Å². The lowest BCUT2D eigenvalue weighted by Crippen LogP contribution is -2.55. The first-order chi connectivity index (χ1) is 13.4. The number of ether oxygens (including phenoxy) is 1. The molecule has 5 atom stereocenters. The number of aliphatic hydroxyl groups is 4. The van der Waals surface area contributed by atoms with Gasteiger partial charge < -0.3 is 30.5 Å². The normalized spacial score (nSPS) is 27.4. The van der Waals surface area contributed by atoms with Crippen molar-refractivity contribution in [3.63, 3.8) is 0 Å². The van der Waals surface area contributed by atoms with Crippen LogP contribution in [-0.2, 0) is 11.2 Å². The molecule has 1 aliphatic rings. The zero-order valence-electron chi connectivity index (χ0n) is 15.5. The average molecular weight is 387 g/mol. The summed E-state index contributed by atoms with van der Waals surface area (Å²) in [6, 6.07) is 14.6. The summed E-state index contributed by atoms with van der Waals surface area (Å²) in [4.78, 5) is 11.8. The largest absolute Gasteiger partial charge is 0.394 e. The Balaban J connectivity index is 1.82. The van der Waals surface area contributed by atoms with Gasteiger partial charge in [0.15, 0.2) is 0 Å². The molecule has 1 fully saturated rings. The van der Waals surface area contributed by atoms with Crippen molar-refractivity contribution in [1.29, 1.82) is 0 Å². The monoisotopic (exact) mass is 387 g/mol. The summed E-state index contributed by atoms with van der Waals surface area (Å²) in [5, 5.41) is 42.2. The van der Waals surface area contributed by atoms with Crippen molar-refractivity contribution in [2.75, 3.05) is 13.7 Å². The van der Waals surface area contributed by atoms with E-state index in [-0.39, 0.29) is 5.91 Å². The minimum absolute atomic E-state index is 0.156. The number of rotatable bonds is 5. The van der Waals surface area contributed by atoms with Crippen molar-refractivity contribution in [2.24, 2.45) is 0 Å². The maximum Gasteiger partial charge on any atom is 0.251 e. The second-order valence-electron chi connectivity index (χ2n) is 6.95. The van der Waals surface area contributed by atoms with E-state index >= 15 is 0 Å². The number of hydrogen-bond acceptors (Lipinski definition) is 6. The molecule has 1 heterocycles. The van der Waals surface area contributed by atoms with Crippen LogP contribution in [0.1, 0.15) is 33.2 Å². The van der Waals surface area contributed by atoms with Gasteiger partial charge in [0.25, 0.3) is 5.91 Å². The summed E-state index contributed by atoms with van der Waals surface area (Å²) >= 11 is 0. The fraction of sp³-hybridized carbons (Fsp3) is 0.381. The Labute approximate surface area is 163 Å². The summed E-state index contributed by atoms with van der Waals surface area (Å²) in [7, 11) is 1.58. The minimum atomic E-state index is -1.41. The van der Waals surface area contributed by atoms with Crippen LogP contribution in [0.5, 0.6) is 0 Å². The van der Waals surface area contributed by atoms with Crippen LogP contribution in [0.4, 0.5) is 0 Å². The van der Waals surface area contributed by atoms with E-state index in [1.54, 1.807) is 19.2 Å². The van der Waals surface area contributed by atoms with Gasteiger partial charge in [-0.15, -0.1) is 0 Å². The summed E-state index contributed by atoms with van der Waals surface area (Å²) in [5.41, 5.74) is 3.09. The predicted molar refractivity (Wildman–Crippen MR) is 102 cm³/mol. The fourth-order valence-corrected chi connectivity index (χ4v) is 3.46. The van der Waals surface area contributed by atoms with E-state index in [0.717, 1.165) is 11.1 Å². The first-order valence-corrected chi connectivity index (χ1v) is 9.15. The number of benzene rings is 2. The molecule has 0 aromatic heterocycles. The van der Waals surface area contributed by atoms with Crippen LogP contribution in [0.25, 0.3) is 0 Å². The zero-order valence-corrected chi connectivity index (χ0v) is 15.5. The maximum absolute atomic E-state index is 11.8. The van der Waals surface area contributed by atoms with Gasteiger partial charge >= 0.3 is 0 Å². The van der Waals surface area contributed by atoms with Crippen LogP contribution < -0.4 is 5.32 Å². The Morgan fingerprint density at radius 1 is 1.00 bits per heavy atom. The van der Waals surface area contributed by atoms with Crippen molar-refractivity contribution < 1.29 is 30.0 Å². The van der Waals surface area contributed by atoms with Gasteiger partial charge in [0.05, 0.1) is 6.61 Å². The second-order valence-corrected chi connectivity index (χ2v) is 6.95. The molecule has 2 aromatic carbocycles. The topological polar surface area (TPSA) is 119 Å². The van der Waals surface area contributed by atoms with Crippen LogP contribution in [0.15, 0.2) is 48.5 Å². The third kappa shape index (κ3) is 4.24. The molecule has 0 unspecified atom stereocenters. The summed E-state index contributed by atoms with van der Waals surface area (Å²) in [5.74, 6) is -0.156. The van der Waals surface area contributed by atoms with E-state index in [1.807, 2.05) is 36.4 Å². The number of nitrogens with one attached hydrogen (secondary N) is 1. The van der Waals surface area contributed by atoms with Crippen molar-refractivity contribution in [1.82, 2.24) is 5.32 Å². The molecule has 5 N–H and O–H groups in total.